The molecule has 0 N–H and O–H groups in total. The summed E-state index contributed by atoms with van der Waals surface area (Å²) in [5.74, 6) is -0.720. The Hall–Kier alpha value is -1.43. The monoisotopic (exact) mass is 262 g/mol. The topological polar surface area (TPSA) is 23.8 Å². The van der Waals surface area contributed by atoms with Crippen molar-refractivity contribution in [1.82, 2.24) is 0 Å². The lowest BCUT2D eigenvalue weighted by Crippen LogP contribution is -2.15. The van der Waals surface area contributed by atoms with Crippen molar-refractivity contribution in [3.63, 3.8) is 0 Å². The van der Waals surface area contributed by atoms with Gasteiger partial charge in [0.15, 0.2) is 0 Å². The van der Waals surface area contributed by atoms with Gasteiger partial charge in [-0.1, -0.05) is 19.8 Å². The molecule has 1 saturated carbocycles. The van der Waals surface area contributed by atoms with E-state index in [-0.39, 0.29) is 5.92 Å². The average Bonchev–Trinajstić information content (AvgIpc) is 2.39. The second-order valence-corrected chi connectivity index (χ2v) is 5.27. The first kappa shape index (κ1) is 14.0. The second-order valence-electron chi connectivity index (χ2n) is 5.27. The van der Waals surface area contributed by atoms with E-state index in [0.29, 0.717) is 11.5 Å². The highest BCUT2D eigenvalue weighted by Crippen LogP contribution is 2.38. The average molecular weight is 262 g/mol. The summed E-state index contributed by atoms with van der Waals surface area (Å²) in [6, 6.07) is 4.23. The van der Waals surface area contributed by atoms with Crippen LogP contribution < -0.4 is 0 Å². The van der Waals surface area contributed by atoms with Crippen LogP contribution in [0.1, 0.15) is 56.1 Å². The molecule has 2 unspecified atom stereocenters. The highest BCUT2D eigenvalue weighted by atomic mass is 19.1. The van der Waals surface area contributed by atoms with Gasteiger partial charge in [-0.15, -0.1) is 0 Å². The molecule has 3 heteroatoms. The van der Waals surface area contributed by atoms with Crippen LogP contribution in [-0.2, 0) is 0 Å². The molecule has 19 heavy (non-hydrogen) atoms. The summed E-state index contributed by atoms with van der Waals surface area (Å²) in [5.41, 5.74) is 0.222. The van der Waals surface area contributed by atoms with E-state index in [2.05, 4.69) is 13.3 Å². The molecule has 2 rings (SSSR count). The molecule has 1 nitrogen and oxygen atoms in total. The summed E-state index contributed by atoms with van der Waals surface area (Å²) in [7, 11) is 0. The summed E-state index contributed by atoms with van der Waals surface area (Å²) < 4.78 is 27.3. The van der Waals surface area contributed by atoms with Crippen molar-refractivity contribution < 1.29 is 8.78 Å². The van der Waals surface area contributed by atoms with E-state index in [1.165, 1.54) is 12.1 Å². The minimum Gasteiger partial charge on any atom is -0.205 e. The van der Waals surface area contributed by atoms with E-state index in [0.717, 1.165) is 32.1 Å². The quantitative estimate of drug-likeness (QED) is 0.772. The molecule has 0 aliphatic heterocycles. The zero-order chi connectivity index (χ0) is 13.8. The molecule has 1 aromatic carbocycles. The molecule has 1 aliphatic rings. The van der Waals surface area contributed by atoms with Crippen molar-refractivity contribution >= 4 is 0 Å². The van der Waals surface area contributed by atoms with Gasteiger partial charge in [0.1, 0.15) is 23.3 Å². The van der Waals surface area contributed by atoms with Crippen LogP contribution in [0.5, 0.6) is 0 Å². The van der Waals surface area contributed by atoms with Crippen molar-refractivity contribution in [3.05, 3.63) is 41.3 Å². The first-order valence-electron chi connectivity index (χ1n) is 6.88. The first-order valence-corrected chi connectivity index (χ1v) is 6.88. The van der Waals surface area contributed by atoms with E-state index in [4.69, 9.17) is 5.26 Å². The molecule has 1 aromatic rings. The van der Waals surface area contributed by atoms with Crippen LogP contribution in [0.4, 0.5) is 8.78 Å². The molecule has 0 spiro atoms. The van der Waals surface area contributed by atoms with Gasteiger partial charge in [0, 0.05) is 0 Å². The van der Waals surface area contributed by atoms with Gasteiger partial charge in [-0.05, 0) is 55.2 Å². The lowest BCUT2D eigenvalue weighted by atomic mass is 9.76. The molecule has 0 saturated heterocycles. The van der Waals surface area contributed by atoms with Crippen LogP contribution in [0, 0.1) is 35.3 Å². The highest BCUT2D eigenvalue weighted by Gasteiger charge is 2.24. The van der Waals surface area contributed by atoms with Crippen molar-refractivity contribution in [2.45, 2.75) is 44.9 Å². The molecule has 1 aliphatic carbocycles. The van der Waals surface area contributed by atoms with Gasteiger partial charge in [0.2, 0.25) is 0 Å². The van der Waals surface area contributed by atoms with Crippen LogP contribution in [0.25, 0.3) is 0 Å². The van der Waals surface area contributed by atoms with Gasteiger partial charge in [-0.25, -0.2) is 8.78 Å². The zero-order valence-electron chi connectivity index (χ0n) is 11.1. The predicted octanol–water partition coefficient (Wildman–Crippen LogP) is 4.72. The van der Waals surface area contributed by atoms with Crippen LogP contribution in [0.3, 0.4) is 0 Å². The number of nitrogens with zero attached hydrogens (tertiary/aromatic N) is 1. The van der Waals surface area contributed by atoms with E-state index in [9.17, 15) is 8.78 Å². The van der Waals surface area contributed by atoms with Crippen molar-refractivity contribution in [2.24, 2.45) is 5.92 Å². The van der Waals surface area contributed by atoms with E-state index in [1.54, 1.807) is 6.07 Å². The maximum atomic E-state index is 13.6. The van der Waals surface area contributed by atoms with Gasteiger partial charge in [-0.3, -0.25) is 0 Å². The Kier molecular flexibility index (Phi) is 4.52. The Balaban J connectivity index is 2.20. The number of benzene rings is 1. The third kappa shape index (κ3) is 3.12. The summed E-state index contributed by atoms with van der Waals surface area (Å²) in [5, 5.41) is 8.68. The van der Waals surface area contributed by atoms with Gasteiger partial charge >= 0.3 is 0 Å². The van der Waals surface area contributed by atoms with Crippen LogP contribution >= 0.6 is 0 Å². The molecule has 0 bridgehead atoms. The number of hydrogen-bond acceptors (Lipinski definition) is 1. The molecular weight excluding hydrogens is 244 g/mol. The third-order valence-corrected chi connectivity index (χ3v) is 3.91. The fourth-order valence-corrected chi connectivity index (χ4v) is 2.96. The summed E-state index contributed by atoms with van der Waals surface area (Å²) in [6.07, 6.45) is 7.49. The van der Waals surface area contributed by atoms with Crippen molar-refractivity contribution in [2.75, 3.05) is 0 Å². The minimum atomic E-state index is -0.737. The number of halogens is 2. The third-order valence-electron chi connectivity index (χ3n) is 3.91. The van der Waals surface area contributed by atoms with Crippen LogP contribution in [0.2, 0.25) is 0 Å². The SMILES string of the molecule is CCCC1[CH]CCC(c2cc(F)c(C#N)c(F)c2)C1. The maximum absolute atomic E-state index is 13.6. The maximum Gasteiger partial charge on any atom is 0.144 e. The van der Waals surface area contributed by atoms with E-state index >= 15 is 0 Å². The lowest BCUT2D eigenvalue weighted by molar-refractivity contribution is 0.374. The van der Waals surface area contributed by atoms with E-state index in [1.807, 2.05) is 0 Å². The number of hydrogen-bond donors (Lipinski definition) is 0. The first-order chi connectivity index (χ1) is 9.15. The molecule has 101 valence electrons. The summed E-state index contributed by atoms with van der Waals surface area (Å²) in [6.45, 7) is 2.15. The van der Waals surface area contributed by atoms with Crippen LogP contribution in [0.15, 0.2) is 12.1 Å². The Bertz CT molecular complexity index is 465. The van der Waals surface area contributed by atoms with Gasteiger partial charge in [0.25, 0.3) is 0 Å². The highest BCUT2D eigenvalue weighted by molar-refractivity contribution is 5.36. The Morgan fingerprint density at radius 1 is 1.32 bits per heavy atom. The fourth-order valence-electron chi connectivity index (χ4n) is 2.96. The van der Waals surface area contributed by atoms with Gasteiger partial charge < -0.3 is 0 Å². The summed E-state index contributed by atoms with van der Waals surface area (Å²) in [4.78, 5) is 0. The molecular formula is C16H18F2N. The number of rotatable bonds is 3. The Labute approximate surface area is 113 Å². The molecule has 0 heterocycles. The number of nitriles is 1. The van der Waals surface area contributed by atoms with Crippen LogP contribution in [-0.4, -0.2) is 0 Å². The summed E-state index contributed by atoms with van der Waals surface area (Å²) >= 11 is 0. The molecule has 0 aromatic heterocycles. The molecule has 0 amide bonds. The second kappa shape index (κ2) is 6.14. The Morgan fingerprint density at radius 3 is 2.58 bits per heavy atom. The zero-order valence-corrected chi connectivity index (χ0v) is 11.1. The van der Waals surface area contributed by atoms with Crippen molar-refractivity contribution in [1.29, 1.82) is 5.26 Å². The smallest absolute Gasteiger partial charge is 0.144 e. The lowest BCUT2D eigenvalue weighted by Gasteiger charge is -2.29. The normalized spacial score (nSPS) is 23.1. The standard InChI is InChI=1S/C16H18F2N/c1-2-4-11-5-3-6-12(7-11)13-8-15(17)14(10-19)16(18)9-13/h5,8-9,11-12H,2-4,6-7H2,1H3. The van der Waals surface area contributed by atoms with E-state index < -0.39 is 17.2 Å². The Morgan fingerprint density at radius 2 is 2.00 bits per heavy atom. The predicted molar refractivity (Wildman–Crippen MR) is 70.4 cm³/mol. The minimum absolute atomic E-state index is 0.207. The van der Waals surface area contributed by atoms with Crippen molar-refractivity contribution in [3.8, 4) is 6.07 Å². The molecule has 1 radical (unpaired) electrons. The fraction of sp³-hybridized carbons (Fsp3) is 0.500. The largest absolute Gasteiger partial charge is 0.205 e. The molecule has 1 fully saturated rings. The molecule has 2 atom stereocenters. The van der Waals surface area contributed by atoms with Gasteiger partial charge in [0.05, 0.1) is 0 Å². The van der Waals surface area contributed by atoms with Gasteiger partial charge in [-0.2, -0.15) is 5.26 Å².